The van der Waals surface area contributed by atoms with E-state index in [2.05, 4.69) is 5.10 Å². The van der Waals surface area contributed by atoms with Gasteiger partial charge in [-0.1, -0.05) is 42.5 Å². The van der Waals surface area contributed by atoms with Crippen LogP contribution in [0.4, 0.5) is 13.2 Å². The highest BCUT2D eigenvalue weighted by Crippen LogP contribution is 2.33. The van der Waals surface area contributed by atoms with Gasteiger partial charge in [0.2, 0.25) is 0 Å². The van der Waals surface area contributed by atoms with Gasteiger partial charge in [0.05, 0.1) is 17.8 Å². The van der Waals surface area contributed by atoms with E-state index in [0.717, 1.165) is 6.07 Å². The molecule has 0 fully saturated rings. The summed E-state index contributed by atoms with van der Waals surface area (Å²) >= 11 is 0. The van der Waals surface area contributed by atoms with Gasteiger partial charge in [-0.15, -0.1) is 0 Å². The summed E-state index contributed by atoms with van der Waals surface area (Å²) in [6, 6.07) is 15.9. The van der Waals surface area contributed by atoms with E-state index in [4.69, 9.17) is 5.11 Å². The fourth-order valence-electron chi connectivity index (χ4n) is 2.46. The number of nitrogens with zero attached hydrogens (tertiary/aromatic N) is 2. The van der Waals surface area contributed by atoms with Crippen LogP contribution in [0.3, 0.4) is 0 Å². The van der Waals surface area contributed by atoms with Crippen LogP contribution >= 0.6 is 0 Å². The van der Waals surface area contributed by atoms with Crippen molar-refractivity contribution in [2.75, 3.05) is 0 Å². The molecule has 1 N–H and O–H groups in total. The lowest BCUT2D eigenvalue weighted by atomic mass is 10.1. The molecule has 0 bridgehead atoms. The highest BCUT2D eigenvalue weighted by Gasteiger charge is 2.35. The van der Waals surface area contributed by atoms with Crippen LogP contribution in [0.2, 0.25) is 0 Å². The normalized spacial score (nSPS) is 11.5. The molecule has 0 aliphatic carbocycles. The molecule has 0 aliphatic rings. The third-order valence-electron chi connectivity index (χ3n) is 3.61. The number of hydrogen-bond acceptors (Lipinski definition) is 2. The molecule has 0 radical (unpaired) electrons. The van der Waals surface area contributed by atoms with Gasteiger partial charge < -0.3 is 5.11 Å². The molecule has 0 saturated heterocycles. The molecule has 0 amide bonds. The van der Waals surface area contributed by atoms with Gasteiger partial charge in [0.15, 0.2) is 5.69 Å². The third kappa shape index (κ3) is 3.71. The largest absolute Gasteiger partial charge is 0.481 e. The molecular formula is C18H13F3N2O2. The smallest absolute Gasteiger partial charge is 0.435 e. The van der Waals surface area contributed by atoms with E-state index < -0.39 is 17.8 Å². The SMILES string of the molecule is O=C(O)Cc1ccc(-n2nc(C(F)(F)F)cc2-c2ccccc2)cc1. The van der Waals surface area contributed by atoms with Gasteiger partial charge in [-0.3, -0.25) is 4.79 Å². The van der Waals surface area contributed by atoms with Crippen LogP contribution in [0.25, 0.3) is 16.9 Å². The first-order valence-corrected chi connectivity index (χ1v) is 7.38. The molecule has 1 heterocycles. The number of carboxylic acid groups (broad SMARTS) is 1. The van der Waals surface area contributed by atoms with E-state index in [-0.39, 0.29) is 6.42 Å². The minimum Gasteiger partial charge on any atom is -0.481 e. The first kappa shape index (κ1) is 16.8. The monoisotopic (exact) mass is 346 g/mol. The lowest BCUT2D eigenvalue weighted by molar-refractivity contribution is -0.141. The molecule has 0 atom stereocenters. The highest BCUT2D eigenvalue weighted by atomic mass is 19.4. The predicted molar refractivity (Wildman–Crippen MR) is 85.3 cm³/mol. The Bertz CT molecular complexity index is 885. The summed E-state index contributed by atoms with van der Waals surface area (Å²) in [5, 5.41) is 12.5. The molecule has 0 aliphatic heterocycles. The van der Waals surface area contributed by atoms with Crippen molar-refractivity contribution in [1.82, 2.24) is 9.78 Å². The van der Waals surface area contributed by atoms with Crippen molar-refractivity contribution >= 4 is 5.97 Å². The van der Waals surface area contributed by atoms with Gasteiger partial charge in [-0.2, -0.15) is 18.3 Å². The molecule has 2 aromatic carbocycles. The Morgan fingerprint density at radius 1 is 1.04 bits per heavy atom. The van der Waals surface area contributed by atoms with Crippen LogP contribution in [-0.4, -0.2) is 20.9 Å². The second-order valence-electron chi connectivity index (χ2n) is 5.43. The number of benzene rings is 2. The van der Waals surface area contributed by atoms with Crippen molar-refractivity contribution in [3.05, 3.63) is 71.9 Å². The van der Waals surface area contributed by atoms with Gasteiger partial charge >= 0.3 is 12.1 Å². The minimum atomic E-state index is -4.56. The van der Waals surface area contributed by atoms with Crippen molar-refractivity contribution in [3.63, 3.8) is 0 Å². The van der Waals surface area contributed by atoms with Crippen molar-refractivity contribution < 1.29 is 23.1 Å². The number of rotatable bonds is 4. The fourth-order valence-corrected chi connectivity index (χ4v) is 2.46. The lowest BCUT2D eigenvalue weighted by Gasteiger charge is -2.08. The first-order valence-electron chi connectivity index (χ1n) is 7.38. The number of aromatic nitrogens is 2. The lowest BCUT2D eigenvalue weighted by Crippen LogP contribution is -2.07. The van der Waals surface area contributed by atoms with E-state index in [9.17, 15) is 18.0 Å². The Morgan fingerprint density at radius 2 is 1.68 bits per heavy atom. The zero-order chi connectivity index (χ0) is 18.0. The summed E-state index contributed by atoms with van der Waals surface area (Å²) in [7, 11) is 0. The van der Waals surface area contributed by atoms with Gasteiger partial charge in [0.1, 0.15) is 0 Å². The quantitative estimate of drug-likeness (QED) is 0.771. The molecular weight excluding hydrogens is 333 g/mol. The average Bonchev–Trinajstić information content (AvgIpc) is 3.01. The molecule has 0 saturated carbocycles. The summed E-state index contributed by atoms with van der Waals surface area (Å²) in [6.07, 6.45) is -4.71. The van der Waals surface area contributed by atoms with Crippen LogP contribution in [0.15, 0.2) is 60.7 Å². The maximum absolute atomic E-state index is 13.1. The van der Waals surface area contributed by atoms with Crippen LogP contribution in [0.5, 0.6) is 0 Å². The number of hydrogen-bond donors (Lipinski definition) is 1. The van der Waals surface area contributed by atoms with Gasteiger partial charge in [0, 0.05) is 5.56 Å². The Labute approximate surface area is 141 Å². The summed E-state index contributed by atoms with van der Waals surface area (Å²) in [6.45, 7) is 0. The molecule has 0 unspecified atom stereocenters. The summed E-state index contributed by atoms with van der Waals surface area (Å²) in [4.78, 5) is 10.7. The summed E-state index contributed by atoms with van der Waals surface area (Å²) in [5.41, 5.74) is 0.893. The zero-order valence-electron chi connectivity index (χ0n) is 12.9. The molecule has 25 heavy (non-hydrogen) atoms. The van der Waals surface area contributed by atoms with Crippen LogP contribution in [0.1, 0.15) is 11.3 Å². The zero-order valence-corrected chi connectivity index (χ0v) is 12.9. The van der Waals surface area contributed by atoms with Crippen molar-refractivity contribution in [2.24, 2.45) is 0 Å². The predicted octanol–water partition coefficient (Wildman–Crippen LogP) is 4.19. The minimum absolute atomic E-state index is 0.154. The van der Waals surface area contributed by atoms with Crippen molar-refractivity contribution in [1.29, 1.82) is 0 Å². The second-order valence-corrected chi connectivity index (χ2v) is 5.43. The van der Waals surface area contributed by atoms with Gasteiger partial charge in [-0.25, -0.2) is 4.68 Å². The topological polar surface area (TPSA) is 55.1 Å². The molecule has 4 nitrogen and oxygen atoms in total. The van der Waals surface area contributed by atoms with E-state index in [1.807, 2.05) is 0 Å². The van der Waals surface area contributed by atoms with E-state index in [0.29, 0.717) is 22.5 Å². The Kier molecular flexibility index (Phi) is 4.31. The molecule has 7 heteroatoms. The van der Waals surface area contributed by atoms with Gasteiger partial charge in [-0.05, 0) is 23.8 Å². The number of halogens is 3. The van der Waals surface area contributed by atoms with Crippen LogP contribution in [-0.2, 0) is 17.4 Å². The Morgan fingerprint density at radius 3 is 2.24 bits per heavy atom. The molecule has 3 rings (SSSR count). The van der Waals surface area contributed by atoms with Crippen LogP contribution < -0.4 is 0 Å². The molecule has 0 spiro atoms. The van der Waals surface area contributed by atoms with E-state index in [1.54, 1.807) is 54.6 Å². The molecule has 1 aromatic heterocycles. The highest BCUT2D eigenvalue weighted by molar-refractivity contribution is 5.70. The molecule has 128 valence electrons. The second kappa shape index (κ2) is 6.43. The van der Waals surface area contributed by atoms with E-state index in [1.165, 1.54) is 4.68 Å². The number of carbonyl (C=O) groups is 1. The molecule has 3 aromatic rings. The Balaban J connectivity index is 2.08. The number of alkyl halides is 3. The first-order chi connectivity index (χ1) is 11.8. The van der Waals surface area contributed by atoms with E-state index >= 15 is 0 Å². The average molecular weight is 346 g/mol. The van der Waals surface area contributed by atoms with Gasteiger partial charge in [0.25, 0.3) is 0 Å². The number of carboxylic acids is 1. The van der Waals surface area contributed by atoms with Crippen molar-refractivity contribution in [3.8, 4) is 16.9 Å². The van der Waals surface area contributed by atoms with Crippen LogP contribution in [0, 0.1) is 0 Å². The van der Waals surface area contributed by atoms with Crippen molar-refractivity contribution in [2.45, 2.75) is 12.6 Å². The Hall–Kier alpha value is -3.09. The number of aliphatic carboxylic acids is 1. The third-order valence-corrected chi connectivity index (χ3v) is 3.61. The maximum Gasteiger partial charge on any atom is 0.435 e. The maximum atomic E-state index is 13.1. The standard InChI is InChI=1S/C18H13F3N2O2/c19-18(20,21)16-11-15(13-4-2-1-3-5-13)23(22-16)14-8-6-12(7-9-14)10-17(24)25/h1-9,11H,10H2,(H,24,25). The summed E-state index contributed by atoms with van der Waals surface area (Å²) in [5.74, 6) is -0.976. The summed E-state index contributed by atoms with van der Waals surface area (Å²) < 4.78 is 40.4. The fraction of sp³-hybridized carbons (Fsp3) is 0.111.